The Labute approximate surface area is 95.1 Å². The number of piperidine rings is 1. The summed E-state index contributed by atoms with van der Waals surface area (Å²) in [6.45, 7) is 2.42. The van der Waals surface area contributed by atoms with E-state index in [0.29, 0.717) is 0 Å². The van der Waals surface area contributed by atoms with Crippen LogP contribution in [0.5, 0.6) is 0 Å². The normalized spacial score (nSPS) is 23.2. The van der Waals surface area contributed by atoms with Gasteiger partial charge in [0.15, 0.2) is 0 Å². The predicted molar refractivity (Wildman–Crippen MR) is 63.4 cm³/mol. The maximum atomic E-state index is 4.55. The molecule has 3 rings (SSSR count). The standard InChI is InChI=1S/C12H18N2S/c1-2-10(1)12-11(15-8-14-12)7-9-3-5-13-6-4-9/h8-10,13H,1-7H2. The summed E-state index contributed by atoms with van der Waals surface area (Å²) in [6, 6.07) is 0. The molecule has 0 bridgehead atoms. The molecular weight excluding hydrogens is 204 g/mol. The van der Waals surface area contributed by atoms with Crippen molar-refractivity contribution in [1.82, 2.24) is 10.3 Å². The van der Waals surface area contributed by atoms with Crippen molar-refractivity contribution in [3.8, 4) is 0 Å². The van der Waals surface area contributed by atoms with Crippen molar-refractivity contribution in [2.45, 2.75) is 38.0 Å². The van der Waals surface area contributed by atoms with E-state index in [2.05, 4.69) is 10.3 Å². The average Bonchev–Trinajstić information content (AvgIpc) is 3.02. The Morgan fingerprint density at radius 3 is 2.80 bits per heavy atom. The molecule has 2 heterocycles. The van der Waals surface area contributed by atoms with Crippen molar-refractivity contribution in [3.63, 3.8) is 0 Å². The zero-order chi connectivity index (χ0) is 10.1. The molecule has 82 valence electrons. The quantitative estimate of drug-likeness (QED) is 0.850. The fourth-order valence-corrected chi connectivity index (χ4v) is 3.44. The van der Waals surface area contributed by atoms with Crippen LogP contribution in [0.1, 0.15) is 42.2 Å². The largest absolute Gasteiger partial charge is 0.317 e. The minimum absolute atomic E-state index is 0.827. The molecule has 1 aromatic rings. The molecule has 1 aliphatic heterocycles. The number of nitrogens with zero attached hydrogens (tertiary/aromatic N) is 1. The maximum absolute atomic E-state index is 4.55. The minimum atomic E-state index is 0.827. The predicted octanol–water partition coefficient (Wildman–Crippen LogP) is 2.56. The van der Waals surface area contributed by atoms with Crippen molar-refractivity contribution < 1.29 is 0 Å². The summed E-state index contributed by atoms with van der Waals surface area (Å²) in [5.74, 6) is 1.73. The molecule has 0 atom stereocenters. The van der Waals surface area contributed by atoms with E-state index in [1.165, 1.54) is 50.9 Å². The second-order valence-electron chi connectivity index (χ2n) is 4.83. The zero-order valence-electron chi connectivity index (χ0n) is 9.04. The lowest BCUT2D eigenvalue weighted by atomic mass is 9.93. The zero-order valence-corrected chi connectivity index (χ0v) is 9.85. The van der Waals surface area contributed by atoms with Gasteiger partial charge >= 0.3 is 0 Å². The van der Waals surface area contributed by atoms with Gasteiger partial charge in [0.25, 0.3) is 0 Å². The summed E-state index contributed by atoms with van der Waals surface area (Å²) >= 11 is 1.88. The first-order valence-electron chi connectivity index (χ1n) is 6.06. The van der Waals surface area contributed by atoms with Gasteiger partial charge in [-0.1, -0.05) is 0 Å². The van der Waals surface area contributed by atoms with Gasteiger partial charge in [-0.2, -0.15) is 0 Å². The first kappa shape index (κ1) is 9.79. The van der Waals surface area contributed by atoms with Crippen molar-refractivity contribution in [2.24, 2.45) is 5.92 Å². The second kappa shape index (κ2) is 4.22. The van der Waals surface area contributed by atoms with Crippen LogP contribution >= 0.6 is 11.3 Å². The van der Waals surface area contributed by atoms with Gasteiger partial charge in [-0.3, -0.25) is 0 Å². The van der Waals surface area contributed by atoms with Crippen molar-refractivity contribution in [2.75, 3.05) is 13.1 Å². The average molecular weight is 222 g/mol. The number of aromatic nitrogens is 1. The van der Waals surface area contributed by atoms with Crippen LogP contribution in [-0.4, -0.2) is 18.1 Å². The number of hydrogen-bond acceptors (Lipinski definition) is 3. The van der Waals surface area contributed by atoms with Gasteiger partial charge in [-0.25, -0.2) is 4.98 Å². The van der Waals surface area contributed by atoms with Gasteiger partial charge in [0.05, 0.1) is 11.2 Å². The Balaban J connectivity index is 1.67. The van der Waals surface area contributed by atoms with Crippen LogP contribution in [0.15, 0.2) is 5.51 Å². The van der Waals surface area contributed by atoms with E-state index in [4.69, 9.17) is 0 Å². The topological polar surface area (TPSA) is 24.9 Å². The SMILES string of the molecule is c1nc(C2CC2)c(CC2CCNCC2)s1. The Morgan fingerprint density at radius 2 is 2.07 bits per heavy atom. The molecule has 3 heteroatoms. The van der Waals surface area contributed by atoms with Gasteiger partial charge in [0.2, 0.25) is 0 Å². The molecule has 1 aromatic heterocycles. The van der Waals surface area contributed by atoms with E-state index in [0.717, 1.165) is 11.8 Å². The molecule has 0 spiro atoms. The Kier molecular flexibility index (Phi) is 2.76. The highest BCUT2D eigenvalue weighted by atomic mass is 32.1. The van der Waals surface area contributed by atoms with Crippen LogP contribution in [0.2, 0.25) is 0 Å². The third-order valence-corrected chi connectivity index (χ3v) is 4.44. The third-order valence-electron chi connectivity index (χ3n) is 3.57. The van der Waals surface area contributed by atoms with Crippen LogP contribution in [0, 0.1) is 5.92 Å². The lowest BCUT2D eigenvalue weighted by Crippen LogP contribution is -2.28. The van der Waals surface area contributed by atoms with E-state index < -0.39 is 0 Å². The molecule has 1 aliphatic carbocycles. The highest BCUT2D eigenvalue weighted by molar-refractivity contribution is 7.09. The fraction of sp³-hybridized carbons (Fsp3) is 0.750. The first-order valence-corrected chi connectivity index (χ1v) is 6.94. The van der Waals surface area contributed by atoms with Crippen molar-refractivity contribution >= 4 is 11.3 Å². The van der Waals surface area contributed by atoms with E-state index in [9.17, 15) is 0 Å². The summed E-state index contributed by atoms with van der Waals surface area (Å²) in [5, 5.41) is 3.43. The third kappa shape index (κ3) is 2.23. The van der Waals surface area contributed by atoms with Crippen molar-refractivity contribution in [1.29, 1.82) is 0 Å². The number of rotatable bonds is 3. The second-order valence-corrected chi connectivity index (χ2v) is 5.77. The molecule has 2 nitrogen and oxygen atoms in total. The number of nitrogens with one attached hydrogen (secondary N) is 1. The Hall–Kier alpha value is -0.410. The van der Waals surface area contributed by atoms with Crippen LogP contribution < -0.4 is 5.32 Å². The van der Waals surface area contributed by atoms with Gasteiger partial charge in [0, 0.05) is 10.8 Å². The van der Waals surface area contributed by atoms with Crippen molar-refractivity contribution in [3.05, 3.63) is 16.1 Å². The van der Waals surface area contributed by atoms with Gasteiger partial charge in [0.1, 0.15) is 0 Å². The summed E-state index contributed by atoms with van der Waals surface area (Å²) in [4.78, 5) is 6.13. The maximum Gasteiger partial charge on any atom is 0.0797 e. The summed E-state index contributed by atoms with van der Waals surface area (Å²) in [7, 11) is 0. The molecular formula is C12H18N2S. The first-order chi connectivity index (χ1) is 7.43. The molecule has 0 aromatic carbocycles. The minimum Gasteiger partial charge on any atom is -0.317 e. The monoisotopic (exact) mass is 222 g/mol. The van der Waals surface area contributed by atoms with Gasteiger partial charge < -0.3 is 5.32 Å². The molecule has 2 fully saturated rings. The van der Waals surface area contributed by atoms with Crippen LogP contribution in [-0.2, 0) is 6.42 Å². The van der Waals surface area contributed by atoms with E-state index in [1.807, 2.05) is 16.8 Å². The van der Waals surface area contributed by atoms with Crippen LogP contribution in [0.3, 0.4) is 0 Å². The van der Waals surface area contributed by atoms with Gasteiger partial charge in [-0.15, -0.1) is 11.3 Å². The van der Waals surface area contributed by atoms with Crippen LogP contribution in [0.4, 0.5) is 0 Å². The lowest BCUT2D eigenvalue weighted by molar-refractivity contribution is 0.373. The lowest BCUT2D eigenvalue weighted by Gasteiger charge is -2.22. The molecule has 15 heavy (non-hydrogen) atoms. The highest BCUT2D eigenvalue weighted by Crippen LogP contribution is 2.42. The molecule has 1 saturated carbocycles. The summed E-state index contributed by atoms with van der Waals surface area (Å²) < 4.78 is 0. The van der Waals surface area contributed by atoms with Crippen LogP contribution in [0.25, 0.3) is 0 Å². The van der Waals surface area contributed by atoms with E-state index >= 15 is 0 Å². The van der Waals surface area contributed by atoms with E-state index in [-0.39, 0.29) is 0 Å². The number of thiazole rings is 1. The Bertz CT molecular complexity index is 324. The van der Waals surface area contributed by atoms with E-state index in [1.54, 1.807) is 4.88 Å². The van der Waals surface area contributed by atoms with Gasteiger partial charge in [-0.05, 0) is 51.1 Å². The molecule has 1 N–H and O–H groups in total. The molecule has 1 saturated heterocycles. The molecule has 0 unspecified atom stereocenters. The molecule has 0 radical (unpaired) electrons. The molecule has 0 amide bonds. The molecule has 2 aliphatic rings. The summed E-state index contributed by atoms with van der Waals surface area (Å²) in [5.41, 5.74) is 3.49. The fourth-order valence-electron chi connectivity index (χ4n) is 2.47. The Morgan fingerprint density at radius 1 is 1.27 bits per heavy atom. The smallest absolute Gasteiger partial charge is 0.0797 e. The number of hydrogen-bond donors (Lipinski definition) is 1. The highest BCUT2D eigenvalue weighted by Gasteiger charge is 2.29. The summed E-state index contributed by atoms with van der Waals surface area (Å²) in [6.07, 6.45) is 6.74.